The van der Waals surface area contributed by atoms with Gasteiger partial charge in [0.15, 0.2) is 0 Å². The molecule has 0 fully saturated rings. The van der Waals surface area contributed by atoms with Gasteiger partial charge in [-0.1, -0.05) is 30.3 Å². The minimum atomic E-state index is -0.342. The maximum absolute atomic E-state index is 12.0. The summed E-state index contributed by atoms with van der Waals surface area (Å²) in [6.45, 7) is 1.70. The molecule has 0 spiro atoms. The lowest BCUT2D eigenvalue weighted by Gasteiger charge is -2.10. The minimum Gasteiger partial charge on any atom is -0.450 e. The van der Waals surface area contributed by atoms with Gasteiger partial charge in [-0.2, -0.15) is 5.21 Å². The topological polar surface area (TPSA) is 109 Å². The van der Waals surface area contributed by atoms with E-state index in [1.54, 1.807) is 19.1 Å². The second kappa shape index (κ2) is 6.60. The Labute approximate surface area is 147 Å². The second-order valence-electron chi connectivity index (χ2n) is 5.57. The fourth-order valence-electron chi connectivity index (χ4n) is 2.59. The third-order valence-corrected chi connectivity index (χ3v) is 3.78. The molecule has 2 heterocycles. The lowest BCUT2D eigenvalue weighted by molar-refractivity contribution is 0.471. The molecule has 2 aromatic heterocycles. The summed E-state index contributed by atoms with van der Waals surface area (Å²) in [6, 6.07) is 15.3. The highest BCUT2D eigenvalue weighted by Crippen LogP contribution is 2.33. The summed E-state index contributed by atoms with van der Waals surface area (Å²) < 4.78 is 5.70. The molecule has 2 N–H and O–H groups in total. The molecule has 0 bridgehead atoms. The van der Waals surface area contributed by atoms with Crippen molar-refractivity contribution in [2.45, 2.75) is 6.92 Å². The molecule has 0 radical (unpaired) electrons. The summed E-state index contributed by atoms with van der Waals surface area (Å²) in [6.07, 6.45) is 1.40. The summed E-state index contributed by atoms with van der Waals surface area (Å²) in [5.41, 5.74) is 2.33. The average molecular weight is 346 g/mol. The number of hydrogen-bond donors (Lipinski definition) is 2. The van der Waals surface area contributed by atoms with Gasteiger partial charge in [0.2, 0.25) is 11.6 Å². The van der Waals surface area contributed by atoms with E-state index in [2.05, 4.69) is 30.6 Å². The van der Waals surface area contributed by atoms with Gasteiger partial charge in [0.25, 0.3) is 5.56 Å². The third-order valence-electron chi connectivity index (χ3n) is 3.78. The van der Waals surface area contributed by atoms with Crippen molar-refractivity contribution < 1.29 is 4.74 Å². The monoisotopic (exact) mass is 346 g/mol. The Balaban J connectivity index is 1.79. The first kappa shape index (κ1) is 15.7. The lowest BCUT2D eigenvalue weighted by Crippen LogP contribution is -2.11. The smallest absolute Gasteiger partial charge is 0.293 e. The van der Waals surface area contributed by atoms with Crippen LogP contribution in [0, 0.1) is 6.92 Å². The number of nitrogens with zero attached hydrogens (tertiary/aromatic N) is 4. The van der Waals surface area contributed by atoms with Gasteiger partial charge in [-0.15, -0.1) is 10.2 Å². The summed E-state index contributed by atoms with van der Waals surface area (Å²) in [4.78, 5) is 18.6. The Morgan fingerprint density at radius 1 is 1.04 bits per heavy atom. The van der Waals surface area contributed by atoms with E-state index in [-0.39, 0.29) is 11.3 Å². The Bertz CT molecular complexity index is 1090. The van der Waals surface area contributed by atoms with E-state index in [4.69, 9.17) is 4.74 Å². The number of ether oxygens (including phenoxy) is 1. The number of aromatic nitrogens is 6. The van der Waals surface area contributed by atoms with Gasteiger partial charge >= 0.3 is 0 Å². The number of hydrogen-bond acceptors (Lipinski definition) is 6. The molecule has 0 saturated carbocycles. The van der Waals surface area contributed by atoms with Crippen LogP contribution in [0.4, 0.5) is 0 Å². The molecule has 8 heteroatoms. The summed E-state index contributed by atoms with van der Waals surface area (Å²) in [5, 5.41) is 14.2. The number of nitrogens with one attached hydrogen (secondary N) is 2. The number of tetrazole rings is 1. The second-order valence-corrected chi connectivity index (χ2v) is 5.57. The third kappa shape index (κ3) is 3.07. The van der Waals surface area contributed by atoms with Gasteiger partial charge in [0.05, 0.1) is 6.20 Å². The van der Waals surface area contributed by atoms with Crippen molar-refractivity contribution in [1.82, 2.24) is 30.6 Å². The van der Waals surface area contributed by atoms with Crippen LogP contribution in [0.25, 0.3) is 22.5 Å². The van der Waals surface area contributed by atoms with Gasteiger partial charge in [-0.3, -0.25) is 4.79 Å². The quantitative estimate of drug-likeness (QED) is 0.588. The Kier molecular flexibility index (Phi) is 3.98. The molecule has 0 aliphatic rings. The predicted molar refractivity (Wildman–Crippen MR) is 94.7 cm³/mol. The van der Waals surface area contributed by atoms with Crippen LogP contribution in [0.1, 0.15) is 5.82 Å². The number of benzene rings is 2. The Morgan fingerprint density at radius 3 is 2.62 bits per heavy atom. The van der Waals surface area contributed by atoms with Crippen molar-refractivity contribution in [3.8, 4) is 34.0 Å². The number of H-pyrrole nitrogens is 2. The lowest BCUT2D eigenvalue weighted by atomic mass is 9.99. The molecule has 128 valence electrons. The van der Waals surface area contributed by atoms with E-state index in [0.29, 0.717) is 17.4 Å². The van der Waals surface area contributed by atoms with Gasteiger partial charge in [0, 0.05) is 5.56 Å². The van der Waals surface area contributed by atoms with Crippen LogP contribution in [-0.4, -0.2) is 30.6 Å². The largest absolute Gasteiger partial charge is 0.450 e. The zero-order valence-electron chi connectivity index (χ0n) is 13.8. The normalized spacial score (nSPS) is 10.7. The molecule has 0 amide bonds. The molecular weight excluding hydrogens is 332 g/mol. The van der Waals surface area contributed by atoms with Crippen LogP contribution in [0.15, 0.2) is 59.5 Å². The van der Waals surface area contributed by atoms with Crippen LogP contribution in [0.5, 0.6) is 11.5 Å². The summed E-state index contributed by atoms with van der Waals surface area (Å²) in [5.74, 6) is 1.54. The van der Waals surface area contributed by atoms with Crippen LogP contribution in [-0.2, 0) is 0 Å². The van der Waals surface area contributed by atoms with E-state index < -0.39 is 0 Å². The number of aryl methyl sites for hydroxylation is 1. The molecule has 0 unspecified atom stereocenters. The molecule has 8 nitrogen and oxygen atoms in total. The SMILES string of the molecule is Cc1ncc(Oc2ccc(-c3ccccc3)c(-c3nn[nH]n3)c2)c(=O)[nH]1. The Morgan fingerprint density at radius 2 is 1.88 bits per heavy atom. The first-order valence-corrected chi connectivity index (χ1v) is 7.88. The molecule has 2 aromatic carbocycles. The molecule has 0 saturated heterocycles. The van der Waals surface area contributed by atoms with Gasteiger partial charge < -0.3 is 9.72 Å². The van der Waals surface area contributed by atoms with E-state index in [1.807, 2.05) is 36.4 Å². The van der Waals surface area contributed by atoms with Crippen molar-refractivity contribution in [3.05, 3.63) is 70.9 Å². The molecular formula is C18H14N6O2. The highest BCUT2D eigenvalue weighted by Gasteiger charge is 2.14. The summed E-state index contributed by atoms with van der Waals surface area (Å²) >= 11 is 0. The van der Waals surface area contributed by atoms with Gasteiger partial charge in [-0.05, 0) is 41.5 Å². The number of rotatable bonds is 4. The molecule has 0 aliphatic heterocycles. The zero-order valence-corrected chi connectivity index (χ0v) is 13.8. The fraction of sp³-hybridized carbons (Fsp3) is 0.0556. The average Bonchev–Trinajstić information content (AvgIpc) is 3.19. The molecule has 26 heavy (non-hydrogen) atoms. The fourth-order valence-corrected chi connectivity index (χ4v) is 2.59. The van der Waals surface area contributed by atoms with E-state index in [0.717, 1.165) is 16.7 Å². The highest BCUT2D eigenvalue weighted by atomic mass is 16.5. The first-order valence-electron chi connectivity index (χ1n) is 7.88. The zero-order chi connectivity index (χ0) is 17.9. The molecule has 0 aliphatic carbocycles. The van der Waals surface area contributed by atoms with Crippen LogP contribution < -0.4 is 10.3 Å². The molecule has 4 aromatic rings. The minimum absolute atomic E-state index is 0.113. The molecule has 4 rings (SSSR count). The van der Waals surface area contributed by atoms with Gasteiger partial charge in [0.1, 0.15) is 11.6 Å². The van der Waals surface area contributed by atoms with Crippen molar-refractivity contribution in [1.29, 1.82) is 0 Å². The Hall–Kier alpha value is -3.81. The van der Waals surface area contributed by atoms with Crippen molar-refractivity contribution >= 4 is 0 Å². The first-order chi connectivity index (χ1) is 12.7. The highest BCUT2D eigenvalue weighted by molar-refractivity contribution is 5.81. The maximum atomic E-state index is 12.0. The predicted octanol–water partition coefficient (Wildman–Crippen LogP) is 2.72. The van der Waals surface area contributed by atoms with Crippen molar-refractivity contribution in [2.24, 2.45) is 0 Å². The van der Waals surface area contributed by atoms with Crippen LogP contribution >= 0.6 is 0 Å². The van der Waals surface area contributed by atoms with E-state index in [1.165, 1.54) is 6.20 Å². The maximum Gasteiger partial charge on any atom is 0.293 e. The van der Waals surface area contributed by atoms with E-state index >= 15 is 0 Å². The van der Waals surface area contributed by atoms with Crippen molar-refractivity contribution in [2.75, 3.05) is 0 Å². The van der Waals surface area contributed by atoms with Crippen LogP contribution in [0.3, 0.4) is 0 Å². The number of aromatic amines is 2. The molecule has 0 atom stereocenters. The van der Waals surface area contributed by atoms with Gasteiger partial charge in [-0.25, -0.2) is 4.98 Å². The van der Waals surface area contributed by atoms with Crippen molar-refractivity contribution in [3.63, 3.8) is 0 Å². The standard InChI is InChI=1S/C18H14N6O2/c1-11-19-10-16(18(25)20-11)26-13-7-8-14(12-5-3-2-4-6-12)15(9-13)17-21-23-24-22-17/h2-10H,1H3,(H,19,20,25)(H,21,22,23,24). The van der Waals surface area contributed by atoms with Crippen LogP contribution in [0.2, 0.25) is 0 Å². The summed E-state index contributed by atoms with van der Waals surface area (Å²) in [7, 11) is 0. The van der Waals surface area contributed by atoms with E-state index in [9.17, 15) is 4.79 Å².